The molecule has 0 aromatic carbocycles. The van der Waals surface area contributed by atoms with Gasteiger partial charge in [-0.1, -0.05) is 40.5 Å². The quantitative estimate of drug-likeness (QED) is 0.822. The molecule has 102 valence electrons. The lowest BCUT2D eigenvalue weighted by Gasteiger charge is -2.43. The molecule has 0 heterocycles. The lowest BCUT2D eigenvalue weighted by Crippen LogP contribution is -2.53. The van der Waals surface area contributed by atoms with Crippen LogP contribution in [0.2, 0.25) is 0 Å². The van der Waals surface area contributed by atoms with Gasteiger partial charge in [-0.2, -0.15) is 0 Å². The third-order valence-corrected chi connectivity index (χ3v) is 6.40. The molecular weight excluding hydrogens is 230 g/mol. The predicted molar refractivity (Wildman–Crippen MR) is 76.7 cm³/mol. The minimum absolute atomic E-state index is 0.281. The molecule has 1 aliphatic carbocycles. The molecule has 1 rings (SSSR count). The highest BCUT2D eigenvalue weighted by Gasteiger charge is 2.40. The Hall–Kier alpha value is 0.110. The Morgan fingerprint density at radius 1 is 1.47 bits per heavy atom. The van der Waals surface area contributed by atoms with Crippen LogP contribution in [0.15, 0.2) is 0 Å². The largest absolute Gasteiger partial charge is 0.315 e. The molecule has 17 heavy (non-hydrogen) atoms. The van der Waals surface area contributed by atoms with Gasteiger partial charge in [0.1, 0.15) is 0 Å². The number of hydrogen-bond donors (Lipinski definition) is 1. The zero-order valence-electron chi connectivity index (χ0n) is 12.1. The van der Waals surface area contributed by atoms with Crippen molar-refractivity contribution in [1.82, 2.24) is 5.32 Å². The van der Waals surface area contributed by atoms with Gasteiger partial charge in [-0.15, -0.1) is 0 Å². The number of hydrogen-bond acceptors (Lipinski definition) is 2. The third kappa shape index (κ3) is 3.78. The molecule has 1 saturated carbocycles. The first-order valence-electron chi connectivity index (χ1n) is 6.96. The van der Waals surface area contributed by atoms with E-state index >= 15 is 0 Å². The van der Waals surface area contributed by atoms with Crippen LogP contribution in [-0.2, 0) is 10.8 Å². The highest BCUT2D eigenvalue weighted by molar-refractivity contribution is 7.85. The fraction of sp³-hybridized carbons (Fsp3) is 1.00. The minimum atomic E-state index is -0.675. The Kier molecular flexibility index (Phi) is 5.65. The van der Waals surface area contributed by atoms with Crippen LogP contribution in [0.3, 0.4) is 0 Å². The van der Waals surface area contributed by atoms with Crippen molar-refractivity contribution in [2.75, 3.05) is 12.8 Å². The van der Waals surface area contributed by atoms with E-state index in [0.29, 0.717) is 17.2 Å². The van der Waals surface area contributed by atoms with E-state index < -0.39 is 10.8 Å². The van der Waals surface area contributed by atoms with Crippen molar-refractivity contribution >= 4 is 10.8 Å². The van der Waals surface area contributed by atoms with Crippen molar-refractivity contribution < 1.29 is 4.21 Å². The van der Waals surface area contributed by atoms with Gasteiger partial charge in [-0.25, -0.2) is 0 Å². The van der Waals surface area contributed by atoms with E-state index in [0.717, 1.165) is 18.6 Å². The van der Waals surface area contributed by atoms with E-state index in [-0.39, 0.29) is 5.41 Å². The second-order valence-electron chi connectivity index (χ2n) is 6.25. The van der Waals surface area contributed by atoms with Gasteiger partial charge in [-0.05, 0) is 31.2 Å². The van der Waals surface area contributed by atoms with Gasteiger partial charge < -0.3 is 5.32 Å². The van der Waals surface area contributed by atoms with Crippen LogP contribution >= 0.6 is 0 Å². The van der Waals surface area contributed by atoms with Crippen LogP contribution in [0.5, 0.6) is 0 Å². The summed E-state index contributed by atoms with van der Waals surface area (Å²) in [6, 6.07) is 0.404. The summed E-state index contributed by atoms with van der Waals surface area (Å²) in [6.45, 7) is 9.00. The van der Waals surface area contributed by atoms with E-state index in [4.69, 9.17) is 0 Å². The molecule has 0 amide bonds. The first-order chi connectivity index (χ1) is 7.92. The molecule has 0 spiro atoms. The van der Waals surface area contributed by atoms with Gasteiger partial charge in [0.05, 0.1) is 5.25 Å². The number of nitrogens with one attached hydrogen (secondary N) is 1. The Bertz CT molecular complexity index is 265. The summed E-state index contributed by atoms with van der Waals surface area (Å²) in [5.74, 6) is 1.45. The van der Waals surface area contributed by atoms with Crippen LogP contribution in [0, 0.1) is 11.3 Å². The molecule has 0 aromatic heterocycles. The van der Waals surface area contributed by atoms with Crippen molar-refractivity contribution in [3.63, 3.8) is 0 Å². The highest BCUT2D eigenvalue weighted by atomic mass is 32.2. The van der Waals surface area contributed by atoms with E-state index in [1.165, 1.54) is 12.8 Å². The van der Waals surface area contributed by atoms with Crippen LogP contribution in [0.4, 0.5) is 0 Å². The molecule has 1 N–H and O–H groups in total. The Morgan fingerprint density at radius 3 is 2.65 bits per heavy atom. The lowest BCUT2D eigenvalue weighted by atomic mass is 9.73. The predicted octanol–water partition coefficient (Wildman–Crippen LogP) is 2.95. The Labute approximate surface area is 109 Å². The second-order valence-corrected chi connectivity index (χ2v) is 7.95. The summed E-state index contributed by atoms with van der Waals surface area (Å²) in [5, 5.41) is 3.77. The molecule has 0 radical (unpaired) electrons. The number of rotatable bonds is 5. The van der Waals surface area contributed by atoms with Crippen molar-refractivity contribution in [3.05, 3.63) is 0 Å². The molecular formula is C14H29NOS. The summed E-state index contributed by atoms with van der Waals surface area (Å²) in [6.07, 6.45) is 4.72. The van der Waals surface area contributed by atoms with Gasteiger partial charge in [0, 0.05) is 22.6 Å². The molecule has 3 heteroatoms. The van der Waals surface area contributed by atoms with Gasteiger partial charge in [0.2, 0.25) is 0 Å². The van der Waals surface area contributed by atoms with Gasteiger partial charge >= 0.3 is 0 Å². The standard InChI is InChI=1S/C14H29NOS/c1-6-11(2)10-17(16)12-8-7-9-14(3,4)13(12)15-5/h11-13,15H,6-10H2,1-5H3. The van der Waals surface area contributed by atoms with Crippen LogP contribution < -0.4 is 5.32 Å². The molecule has 0 saturated heterocycles. The van der Waals surface area contributed by atoms with Crippen LogP contribution in [0.1, 0.15) is 53.4 Å². The lowest BCUT2D eigenvalue weighted by molar-refractivity contribution is 0.180. The maximum absolute atomic E-state index is 12.5. The first-order valence-corrected chi connectivity index (χ1v) is 8.35. The Balaban J connectivity index is 2.70. The molecule has 0 aromatic rings. The van der Waals surface area contributed by atoms with E-state index in [9.17, 15) is 4.21 Å². The van der Waals surface area contributed by atoms with Crippen molar-refractivity contribution in [2.45, 2.75) is 64.7 Å². The van der Waals surface area contributed by atoms with Crippen molar-refractivity contribution in [1.29, 1.82) is 0 Å². The molecule has 0 bridgehead atoms. The maximum atomic E-state index is 12.5. The average Bonchev–Trinajstić information content (AvgIpc) is 2.27. The molecule has 0 aliphatic heterocycles. The van der Waals surface area contributed by atoms with Crippen molar-refractivity contribution in [3.8, 4) is 0 Å². The normalized spacial score (nSPS) is 32.1. The fourth-order valence-corrected chi connectivity index (χ4v) is 5.25. The van der Waals surface area contributed by atoms with Crippen LogP contribution in [-0.4, -0.2) is 28.3 Å². The monoisotopic (exact) mass is 259 g/mol. The summed E-state index contributed by atoms with van der Waals surface area (Å²) in [7, 11) is 1.34. The maximum Gasteiger partial charge on any atom is 0.0506 e. The topological polar surface area (TPSA) is 29.1 Å². The zero-order valence-corrected chi connectivity index (χ0v) is 12.9. The molecule has 1 fully saturated rings. The first kappa shape index (κ1) is 15.2. The molecule has 4 unspecified atom stereocenters. The summed E-state index contributed by atoms with van der Waals surface area (Å²) in [5.41, 5.74) is 0.281. The summed E-state index contributed by atoms with van der Waals surface area (Å²) >= 11 is 0. The molecule has 1 aliphatic rings. The summed E-state index contributed by atoms with van der Waals surface area (Å²) in [4.78, 5) is 0. The van der Waals surface area contributed by atoms with E-state index in [1.54, 1.807) is 0 Å². The SMILES string of the molecule is CCC(C)CS(=O)C1CCCC(C)(C)C1NC. The van der Waals surface area contributed by atoms with E-state index in [2.05, 4.69) is 33.0 Å². The van der Waals surface area contributed by atoms with Gasteiger partial charge in [-0.3, -0.25) is 4.21 Å². The van der Waals surface area contributed by atoms with Gasteiger partial charge in [0.15, 0.2) is 0 Å². The minimum Gasteiger partial charge on any atom is -0.315 e. The fourth-order valence-electron chi connectivity index (χ4n) is 2.97. The zero-order chi connectivity index (χ0) is 13.1. The highest BCUT2D eigenvalue weighted by Crippen LogP contribution is 2.37. The van der Waals surface area contributed by atoms with Crippen LogP contribution in [0.25, 0.3) is 0 Å². The Morgan fingerprint density at radius 2 is 2.12 bits per heavy atom. The average molecular weight is 259 g/mol. The third-order valence-electron chi connectivity index (χ3n) is 4.32. The smallest absolute Gasteiger partial charge is 0.0506 e. The van der Waals surface area contributed by atoms with Gasteiger partial charge in [0.25, 0.3) is 0 Å². The summed E-state index contributed by atoms with van der Waals surface area (Å²) < 4.78 is 12.5. The molecule has 4 atom stereocenters. The van der Waals surface area contributed by atoms with Crippen molar-refractivity contribution in [2.24, 2.45) is 11.3 Å². The molecule has 2 nitrogen and oxygen atoms in total. The van der Waals surface area contributed by atoms with E-state index in [1.807, 2.05) is 7.05 Å². The second kappa shape index (κ2) is 6.33.